The Balaban J connectivity index is 1.16. The van der Waals surface area contributed by atoms with Crippen molar-refractivity contribution in [2.45, 2.75) is 114 Å². The van der Waals surface area contributed by atoms with Gasteiger partial charge in [-0.05, 0) is 149 Å². The number of carbonyl (C=O) groups excluding carboxylic acids is 8. The molecule has 0 spiro atoms. The summed E-state index contributed by atoms with van der Waals surface area (Å²) in [6.45, 7) is -0.910. The zero-order valence-corrected chi connectivity index (χ0v) is 59.1. The molecule has 6 rings (SSSR count). The van der Waals surface area contributed by atoms with Crippen LogP contribution in [0, 0.1) is 29.6 Å². The van der Waals surface area contributed by atoms with E-state index in [0.29, 0.717) is 71.6 Å². The van der Waals surface area contributed by atoms with Crippen molar-refractivity contribution >= 4 is 82.9 Å². The van der Waals surface area contributed by atoms with Gasteiger partial charge in [0.15, 0.2) is 5.78 Å². The molecule has 2 aromatic carbocycles. The number of carboxylic acids is 3. The van der Waals surface area contributed by atoms with Gasteiger partial charge < -0.3 is 62.3 Å². The van der Waals surface area contributed by atoms with Crippen molar-refractivity contribution in [3.8, 4) is 0 Å². The van der Waals surface area contributed by atoms with Crippen molar-refractivity contribution in [1.82, 2.24) is 34.7 Å². The summed E-state index contributed by atoms with van der Waals surface area (Å²) in [6.07, 6.45) is 9.55. The zero-order chi connectivity index (χ0) is 75.0. The highest BCUT2D eigenvalue weighted by Crippen LogP contribution is 2.59. The number of aliphatic carboxylic acids is 3. The maximum Gasteiger partial charge on any atom is 0.317 e. The van der Waals surface area contributed by atoms with Gasteiger partial charge in [-0.2, -0.15) is 0 Å². The second-order valence-corrected chi connectivity index (χ2v) is 26.5. The number of fused-ring (bicyclic) bond motifs is 5. The fourth-order valence-corrected chi connectivity index (χ4v) is 14.7. The van der Waals surface area contributed by atoms with Crippen LogP contribution < -0.4 is 27.4 Å². The number of amides is 5. The van der Waals surface area contributed by atoms with E-state index in [4.69, 9.17) is 45.6 Å². The van der Waals surface area contributed by atoms with Crippen molar-refractivity contribution in [1.29, 1.82) is 0 Å². The number of nitrogens with zero attached hydrogens (tertiary/aromatic N) is 7. The number of Topliss-reactive ketones (excluding diaryl/α,β-unsaturated/α-hetero) is 1. The van der Waals surface area contributed by atoms with E-state index in [9.17, 15) is 73.2 Å². The van der Waals surface area contributed by atoms with Gasteiger partial charge in [-0.25, -0.2) is 29.3 Å². The van der Waals surface area contributed by atoms with E-state index in [1.54, 1.807) is 58.3 Å². The molecule has 3 fully saturated rings. The summed E-state index contributed by atoms with van der Waals surface area (Å²) < 4.78 is 0. The van der Waals surface area contributed by atoms with Crippen LogP contribution in [0.5, 0.6) is 0 Å². The predicted molar refractivity (Wildman–Crippen MR) is 369 cm³/mol. The first-order chi connectivity index (χ1) is 49.3. The third kappa shape index (κ3) is 27.8. The lowest BCUT2D eigenvalue weighted by molar-refractivity contribution is -0.300. The monoisotopic (exact) mass is 1450 g/mol. The molecule has 0 aromatic heterocycles. The Bertz CT molecular complexity index is 3200. The van der Waals surface area contributed by atoms with E-state index in [1.807, 2.05) is 0 Å². The first-order valence-electron chi connectivity index (χ1n) is 34.5. The summed E-state index contributed by atoms with van der Waals surface area (Å²) in [6, 6.07) is 10.6. The van der Waals surface area contributed by atoms with Gasteiger partial charge in [0.25, 0.3) is 0 Å². The van der Waals surface area contributed by atoms with E-state index in [1.165, 1.54) is 53.4 Å². The lowest BCUT2D eigenvalue weighted by atomic mass is 9.55. The largest absolute Gasteiger partial charge is 0.480 e. The van der Waals surface area contributed by atoms with Crippen molar-refractivity contribution in [3.63, 3.8) is 0 Å². The van der Waals surface area contributed by atoms with Crippen molar-refractivity contribution in [2.75, 3.05) is 144 Å². The van der Waals surface area contributed by atoms with Crippen LogP contribution in [0.25, 0.3) is 0 Å². The second-order valence-electron chi connectivity index (χ2n) is 26.5. The number of aliphatic hydroxyl groups is 1. The van der Waals surface area contributed by atoms with Gasteiger partial charge in [0.2, 0.25) is 29.5 Å². The van der Waals surface area contributed by atoms with Gasteiger partial charge >= 0.3 is 17.9 Å². The van der Waals surface area contributed by atoms with E-state index in [2.05, 4.69) is 27.2 Å². The average Bonchev–Trinajstić information content (AvgIpc) is 1.64. The van der Waals surface area contributed by atoms with Gasteiger partial charge in [-0.15, -0.1) is 0 Å². The molecule has 4 aliphatic carbocycles. The summed E-state index contributed by atoms with van der Waals surface area (Å²) in [5.74, 6) is -5.14. The second kappa shape index (κ2) is 43.2. The van der Waals surface area contributed by atoms with Crippen LogP contribution in [0.1, 0.15) is 88.7 Å². The standard InChI is InChI=1S/C69H102N12O22/c1-46(84)69(96)23-21-58-57-15-9-49-35-52(14-16-55(49)56(57)17-18-59(58)69)75-100-32-22-64(88)74-60(68(95)73-51-12-7-47(8-13-51)33-53(80(29-31-83)42-67(93)94)37-78(43-101-97-2)26-27-79(38-61(70)85)44-102-98-3)19-20-63(87)72-50-10-5-48(6-11-50)34-54(81(39-62(71)86)45-103-99-4)36-77(41-66(91)92)25-24-76(28-30-82)40-65(89)90/h5-8,10-13,30-31,35,53-60,96H,9,14-29,32-34,36-45H2,1-4H3,(H2,70,85)(H2,71,86)(H,72,87)(H,73,95)(H,74,88)(H,89,90)(H,91,92)(H,93,94)/b75-52-. The molecule has 0 heterocycles. The van der Waals surface area contributed by atoms with Gasteiger partial charge in [0, 0.05) is 69.1 Å². The summed E-state index contributed by atoms with van der Waals surface area (Å²) >= 11 is 0. The molecule has 9 atom stereocenters. The molecule has 103 heavy (non-hydrogen) atoms. The van der Waals surface area contributed by atoms with E-state index >= 15 is 0 Å². The molecule has 0 aliphatic heterocycles. The maximum atomic E-state index is 14.3. The number of hydrogen-bond acceptors (Lipinski definition) is 26. The highest BCUT2D eigenvalue weighted by molar-refractivity contribution is 5.98. The molecule has 4 aliphatic rings. The van der Waals surface area contributed by atoms with Crippen LogP contribution in [-0.4, -0.2) is 278 Å². The van der Waals surface area contributed by atoms with Gasteiger partial charge in [0.05, 0.1) is 79.3 Å². The topological polar surface area (TPSA) is 453 Å². The van der Waals surface area contributed by atoms with Crippen LogP contribution in [0.4, 0.5) is 11.4 Å². The number of allylic oxidation sites excluding steroid dienone is 2. The number of benzene rings is 2. The van der Waals surface area contributed by atoms with Gasteiger partial charge in [0.1, 0.15) is 51.0 Å². The number of nitrogens with two attached hydrogens (primary N) is 2. The molecule has 34 nitrogen and oxygen atoms in total. The Kier molecular flexibility index (Phi) is 35.2. The Labute approximate surface area is 598 Å². The molecule has 0 radical (unpaired) electrons. The molecule has 2 aromatic rings. The smallest absolute Gasteiger partial charge is 0.317 e. The summed E-state index contributed by atoms with van der Waals surface area (Å²) in [4.78, 5) is 183. The quantitative estimate of drug-likeness (QED) is 0.0144. The molecular formula is C69H102N12O22. The third-order valence-electron chi connectivity index (χ3n) is 19.6. The van der Waals surface area contributed by atoms with Gasteiger partial charge in [-0.1, -0.05) is 35.0 Å². The van der Waals surface area contributed by atoms with Crippen molar-refractivity contribution < 1.29 is 107 Å². The van der Waals surface area contributed by atoms with Crippen LogP contribution >= 0.6 is 0 Å². The molecular weight excluding hydrogens is 1350 g/mol. The molecule has 0 saturated heterocycles. The molecule has 5 amide bonds. The van der Waals surface area contributed by atoms with Crippen LogP contribution in [0.3, 0.4) is 0 Å². The van der Waals surface area contributed by atoms with Crippen LogP contribution in [-0.2, 0) is 99.7 Å². The Morgan fingerprint density at radius 2 is 1.17 bits per heavy atom. The Morgan fingerprint density at radius 3 is 1.77 bits per heavy atom. The van der Waals surface area contributed by atoms with E-state index in [0.717, 1.165) is 44.2 Å². The fourth-order valence-electron chi connectivity index (χ4n) is 14.7. The number of anilines is 2. The number of oxime groups is 1. The number of ketones is 1. The minimum absolute atomic E-state index is 0.00623. The third-order valence-corrected chi connectivity index (χ3v) is 19.6. The number of aldehydes is 2. The fraction of sp³-hybridized carbons (Fsp3) is 0.623. The molecule has 0 bridgehead atoms. The Hall–Kier alpha value is -8.10. The summed E-state index contributed by atoms with van der Waals surface area (Å²) in [5.41, 5.74) is 13.9. The molecule has 34 heteroatoms. The predicted octanol–water partition coefficient (Wildman–Crippen LogP) is 0.657. The summed E-state index contributed by atoms with van der Waals surface area (Å²) in [7, 11) is 3.88. The van der Waals surface area contributed by atoms with E-state index in [-0.39, 0.29) is 136 Å². The van der Waals surface area contributed by atoms with Crippen LogP contribution in [0.15, 0.2) is 65.3 Å². The zero-order valence-electron chi connectivity index (χ0n) is 59.1. The number of nitrogens with one attached hydrogen (secondary N) is 3. The number of hydrogen-bond donors (Lipinski definition) is 9. The molecule has 11 N–H and O–H groups in total. The minimum atomic E-state index is -1.27. The molecule has 9 unspecified atom stereocenters. The summed E-state index contributed by atoms with van der Waals surface area (Å²) in [5, 5.41) is 53.3. The van der Waals surface area contributed by atoms with Gasteiger partial charge in [-0.3, -0.25) is 72.6 Å². The van der Waals surface area contributed by atoms with Crippen LogP contribution in [0.2, 0.25) is 0 Å². The SMILES string of the molecule is COOCN(CCN(COOC)CC(Cc1ccc(NC(=O)C(CCC(=O)Nc2ccc(CC(CN(CCN(CC=O)CC(=O)O)CC(=O)O)N(COOC)CC(N)=O)cc2)NC(=O)CCO/N=C2\C=C3CCC4C(CCC5C4CCC5(O)C(C)=O)C3CC2)cc1)N(CC=O)CC(=O)O)CC(N)=O. The van der Waals surface area contributed by atoms with Crippen molar-refractivity contribution in [3.05, 3.63) is 71.3 Å². The number of primary amides is 2. The highest BCUT2D eigenvalue weighted by atomic mass is 17.2. The normalized spacial score (nSPS) is 20.6. The molecule has 570 valence electrons. The number of carbonyl (C=O) groups is 11. The lowest BCUT2D eigenvalue weighted by Gasteiger charge is -2.50. The minimum Gasteiger partial charge on any atom is -0.480 e. The molecule has 3 saturated carbocycles. The lowest BCUT2D eigenvalue weighted by Crippen LogP contribution is -2.51. The number of rotatable bonds is 51. The number of carboxylic acid groups (broad SMARTS) is 3. The van der Waals surface area contributed by atoms with E-state index < -0.39 is 90.8 Å². The average molecular weight is 1450 g/mol. The Morgan fingerprint density at radius 1 is 0.602 bits per heavy atom. The maximum absolute atomic E-state index is 14.3. The first kappa shape index (κ1) is 83.8. The highest BCUT2D eigenvalue weighted by Gasteiger charge is 2.57. The first-order valence-corrected chi connectivity index (χ1v) is 34.5. The van der Waals surface area contributed by atoms with Crippen molar-refractivity contribution in [2.24, 2.45) is 46.2 Å².